The minimum Gasteiger partial charge on any atom is -0.452 e. The third-order valence-corrected chi connectivity index (χ3v) is 7.05. The Morgan fingerprint density at radius 2 is 1.42 bits per heavy atom. The maximum atomic E-state index is 12.8. The molecular formula is C31H39BrO4. The topological polar surface area (TPSA) is 52.6 Å². The first-order valence-corrected chi connectivity index (χ1v) is 14.4. The lowest BCUT2D eigenvalue weighted by Crippen LogP contribution is -2.08. The first kappa shape index (κ1) is 28.2. The summed E-state index contributed by atoms with van der Waals surface area (Å²) < 4.78 is 12.2. The van der Waals surface area contributed by atoms with Crippen molar-refractivity contribution in [1.82, 2.24) is 0 Å². The summed E-state index contributed by atoms with van der Waals surface area (Å²) in [5, 5.41) is 0. The van der Waals surface area contributed by atoms with Gasteiger partial charge in [0.15, 0.2) is 5.76 Å². The second-order valence-electron chi connectivity index (χ2n) is 9.62. The Morgan fingerprint density at radius 3 is 2.03 bits per heavy atom. The Bertz CT molecular complexity index is 1010. The summed E-state index contributed by atoms with van der Waals surface area (Å²) in [7, 11) is 0. The van der Waals surface area contributed by atoms with Gasteiger partial charge in [-0.2, -0.15) is 0 Å². The number of carbonyl (C=O) groups is 2. The zero-order chi connectivity index (χ0) is 25.6. The number of hydrogen-bond acceptors (Lipinski definition) is 4. The lowest BCUT2D eigenvalue weighted by Gasteiger charge is -2.06. The molecule has 0 fully saturated rings. The van der Waals surface area contributed by atoms with Gasteiger partial charge in [0.1, 0.15) is 11.5 Å². The number of rotatable bonds is 16. The summed E-state index contributed by atoms with van der Waals surface area (Å²) in [5.74, 6) is 0.676. The van der Waals surface area contributed by atoms with Crippen LogP contribution >= 0.6 is 15.9 Å². The number of ketones is 1. The largest absolute Gasteiger partial charge is 0.452 e. The summed E-state index contributed by atoms with van der Waals surface area (Å²) >= 11 is 3.40. The van der Waals surface area contributed by atoms with Crippen LogP contribution in [0.15, 0.2) is 52.7 Å². The van der Waals surface area contributed by atoms with E-state index < -0.39 is 0 Å². The van der Waals surface area contributed by atoms with Crippen molar-refractivity contribution in [3.05, 3.63) is 63.8 Å². The van der Waals surface area contributed by atoms with Crippen molar-refractivity contribution in [1.29, 1.82) is 0 Å². The van der Waals surface area contributed by atoms with E-state index in [0.29, 0.717) is 23.5 Å². The predicted molar refractivity (Wildman–Crippen MR) is 149 cm³/mol. The maximum Gasteiger partial charge on any atom is 0.311 e. The van der Waals surface area contributed by atoms with Gasteiger partial charge in [0, 0.05) is 10.9 Å². The molecule has 2 aromatic carbocycles. The minimum atomic E-state index is -0.255. The molecule has 4 nitrogen and oxygen atoms in total. The van der Waals surface area contributed by atoms with Crippen molar-refractivity contribution < 1.29 is 19.1 Å². The van der Waals surface area contributed by atoms with Gasteiger partial charge in [-0.3, -0.25) is 9.59 Å². The molecule has 1 heterocycles. The predicted octanol–water partition coefficient (Wildman–Crippen LogP) is 9.45. The molecule has 0 saturated heterocycles. The van der Waals surface area contributed by atoms with Crippen LogP contribution in [-0.4, -0.2) is 11.8 Å². The van der Waals surface area contributed by atoms with Crippen molar-refractivity contribution in [3.63, 3.8) is 0 Å². The van der Waals surface area contributed by atoms with Gasteiger partial charge in [-0.05, 0) is 48.4 Å². The smallest absolute Gasteiger partial charge is 0.311 e. The van der Waals surface area contributed by atoms with Gasteiger partial charge in [0.05, 0.1) is 5.56 Å². The highest BCUT2D eigenvalue weighted by Gasteiger charge is 2.28. The first-order valence-electron chi connectivity index (χ1n) is 13.6. The molecule has 0 saturated carbocycles. The molecule has 0 atom stereocenters. The molecule has 0 radical (unpaired) electrons. The lowest BCUT2D eigenvalue weighted by atomic mass is 10.0. The van der Waals surface area contributed by atoms with Gasteiger partial charge < -0.3 is 9.47 Å². The Labute approximate surface area is 224 Å². The van der Waals surface area contributed by atoms with Crippen molar-refractivity contribution in [2.24, 2.45) is 0 Å². The fourth-order valence-corrected chi connectivity index (χ4v) is 4.68. The number of allylic oxidation sites excluding steroid dienone is 1. The second-order valence-corrected chi connectivity index (χ2v) is 10.5. The standard InChI is InChI=1S/C31H39BrO4/c1-2-3-4-5-6-7-8-9-10-11-12-13-14-15-30(33)35-26-20-21-28-27(23-26)31(34)29(36-28)22-24-16-18-25(32)19-17-24/h16-23H,2-15H2,1H3/b29-22-. The van der Waals surface area contributed by atoms with Crippen LogP contribution in [0.2, 0.25) is 0 Å². The zero-order valence-corrected chi connectivity index (χ0v) is 23.1. The number of unbranched alkanes of at least 4 members (excludes halogenated alkanes) is 12. The maximum absolute atomic E-state index is 12.8. The van der Waals surface area contributed by atoms with E-state index in [2.05, 4.69) is 22.9 Å². The van der Waals surface area contributed by atoms with Crippen LogP contribution in [-0.2, 0) is 4.79 Å². The quantitative estimate of drug-likeness (QED) is 0.0896. The molecule has 0 unspecified atom stereocenters. The van der Waals surface area contributed by atoms with Gasteiger partial charge in [0.25, 0.3) is 0 Å². The molecule has 0 spiro atoms. The number of ether oxygens (including phenoxy) is 2. The van der Waals surface area contributed by atoms with Crippen LogP contribution in [0.3, 0.4) is 0 Å². The number of carbonyl (C=O) groups excluding carboxylic acids is 2. The molecule has 0 aliphatic carbocycles. The van der Waals surface area contributed by atoms with Gasteiger partial charge >= 0.3 is 5.97 Å². The van der Waals surface area contributed by atoms with E-state index in [1.165, 1.54) is 70.6 Å². The van der Waals surface area contributed by atoms with Crippen molar-refractivity contribution in [3.8, 4) is 11.5 Å². The van der Waals surface area contributed by atoms with E-state index in [0.717, 1.165) is 22.9 Å². The van der Waals surface area contributed by atoms with Crippen LogP contribution in [0.25, 0.3) is 6.08 Å². The Hall–Kier alpha value is -2.40. The van der Waals surface area contributed by atoms with Crippen molar-refractivity contribution in [2.45, 2.75) is 96.8 Å². The van der Waals surface area contributed by atoms with Crippen LogP contribution in [0.4, 0.5) is 0 Å². The molecule has 36 heavy (non-hydrogen) atoms. The Kier molecular flexibility index (Phi) is 12.3. The second kappa shape index (κ2) is 15.7. The minimum absolute atomic E-state index is 0.206. The Morgan fingerprint density at radius 1 is 0.833 bits per heavy atom. The molecule has 5 heteroatoms. The van der Waals surface area contributed by atoms with Gasteiger partial charge in [0.2, 0.25) is 5.78 Å². The molecular weight excluding hydrogens is 516 g/mol. The van der Waals surface area contributed by atoms with Gasteiger partial charge in [-0.15, -0.1) is 0 Å². The molecule has 1 aliphatic rings. The van der Waals surface area contributed by atoms with Crippen LogP contribution < -0.4 is 9.47 Å². The Balaban J connectivity index is 1.30. The molecule has 2 aromatic rings. The summed E-state index contributed by atoms with van der Waals surface area (Å²) in [6.45, 7) is 2.26. The molecule has 1 aliphatic heterocycles. The number of Topliss-reactive ketones (excluding diaryl/α,β-unsaturated/α-hetero) is 1. The highest BCUT2D eigenvalue weighted by atomic mass is 79.9. The monoisotopic (exact) mass is 554 g/mol. The van der Waals surface area contributed by atoms with Gasteiger partial charge in [-0.25, -0.2) is 0 Å². The molecule has 0 N–H and O–H groups in total. The lowest BCUT2D eigenvalue weighted by molar-refractivity contribution is -0.134. The van der Waals surface area contributed by atoms with Crippen LogP contribution in [0, 0.1) is 0 Å². The average molecular weight is 556 g/mol. The van der Waals surface area contributed by atoms with Crippen molar-refractivity contribution >= 4 is 33.8 Å². The number of benzene rings is 2. The average Bonchev–Trinajstić information content (AvgIpc) is 3.18. The number of halogens is 1. The third-order valence-electron chi connectivity index (χ3n) is 6.52. The first-order chi connectivity index (χ1) is 17.6. The van der Waals surface area contributed by atoms with Crippen molar-refractivity contribution in [2.75, 3.05) is 0 Å². The molecule has 194 valence electrons. The zero-order valence-electron chi connectivity index (χ0n) is 21.5. The van der Waals surface area contributed by atoms with E-state index >= 15 is 0 Å². The van der Waals surface area contributed by atoms with Crippen LogP contribution in [0.1, 0.15) is 113 Å². The molecule has 0 bridgehead atoms. The highest BCUT2D eigenvalue weighted by molar-refractivity contribution is 9.10. The summed E-state index contributed by atoms with van der Waals surface area (Å²) in [6.07, 6.45) is 18.6. The van der Waals surface area contributed by atoms with E-state index in [1.807, 2.05) is 24.3 Å². The summed E-state index contributed by atoms with van der Waals surface area (Å²) in [5.41, 5.74) is 1.29. The van der Waals surface area contributed by atoms with Gasteiger partial charge in [-0.1, -0.05) is 112 Å². The molecule has 3 rings (SSSR count). The SMILES string of the molecule is CCCCCCCCCCCCCCCC(=O)Oc1ccc2c(c1)C(=O)/C(=C/c1ccc(Br)cc1)O2. The van der Waals surface area contributed by atoms with E-state index in [1.54, 1.807) is 24.3 Å². The summed E-state index contributed by atoms with van der Waals surface area (Å²) in [6, 6.07) is 12.6. The third kappa shape index (κ3) is 9.57. The van der Waals surface area contributed by atoms with E-state index in [9.17, 15) is 9.59 Å². The fourth-order valence-electron chi connectivity index (χ4n) is 4.41. The fraction of sp³-hybridized carbons (Fsp3) is 0.484. The number of hydrogen-bond donors (Lipinski definition) is 0. The van der Waals surface area contributed by atoms with E-state index in [4.69, 9.17) is 9.47 Å². The molecule has 0 amide bonds. The highest BCUT2D eigenvalue weighted by Crippen LogP contribution is 2.34. The normalized spacial score (nSPS) is 13.6. The van der Waals surface area contributed by atoms with E-state index in [-0.39, 0.29) is 17.5 Å². The number of fused-ring (bicyclic) bond motifs is 1. The summed E-state index contributed by atoms with van der Waals surface area (Å²) in [4.78, 5) is 25.0. The number of esters is 1. The molecule has 0 aromatic heterocycles. The van der Waals surface area contributed by atoms with Crippen LogP contribution in [0.5, 0.6) is 11.5 Å².